The van der Waals surface area contributed by atoms with Crippen molar-refractivity contribution in [3.8, 4) is 5.75 Å². The zero-order chi connectivity index (χ0) is 17.4. The summed E-state index contributed by atoms with van der Waals surface area (Å²) >= 11 is 4.69. The van der Waals surface area contributed by atoms with Gasteiger partial charge in [-0.15, -0.1) is 0 Å². The van der Waals surface area contributed by atoms with Crippen molar-refractivity contribution in [2.24, 2.45) is 17.3 Å². The van der Waals surface area contributed by atoms with E-state index in [1.54, 1.807) is 11.1 Å². The van der Waals surface area contributed by atoms with Crippen LogP contribution in [0.15, 0.2) is 29.8 Å². The van der Waals surface area contributed by atoms with Crippen molar-refractivity contribution in [3.05, 3.63) is 41.0 Å². The lowest BCUT2D eigenvalue weighted by Gasteiger charge is -2.49. The van der Waals surface area contributed by atoms with Crippen molar-refractivity contribution in [2.75, 3.05) is 5.33 Å². The highest BCUT2D eigenvalue weighted by Crippen LogP contribution is 2.62. The Morgan fingerprint density at radius 1 is 1.42 bits per heavy atom. The van der Waals surface area contributed by atoms with Crippen LogP contribution in [0, 0.1) is 17.3 Å². The molecule has 0 amide bonds. The Kier molecular flexibility index (Phi) is 4.47. The highest BCUT2D eigenvalue weighted by atomic mass is 79.9. The average molecular weight is 406 g/mol. The van der Waals surface area contributed by atoms with Gasteiger partial charge in [0, 0.05) is 5.33 Å². The van der Waals surface area contributed by atoms with E-state index in [2.05, 4.69) is 47.1 Å². The molecule has 1 aromatic rings. The molecule has 4 rings (SSSR count). The Bertz CT molecular complexity index is 682. The number of fused-ring (bicyclic) bond motifs is 5. The predicted octanol–water partition coefficient (Wildman–Crippen LogP) is 5.71. The third kappa shape index (κ3) is 2.69. The normalized spacial score (nSPS) is 36.5. The Balaban J connectivity index is 1.59. The molecule has 1 radical (unpaired) electrons. The molecule has 24 heavy (non-hydrogen) atoms. The molecule has 2 fully saturated rings. The van der Waals surface area contributed by atoms with E-state index in [9.17, 15) is 0 Å². The lowest BCUT2D eigenvalue weighted by molar-refractivity contribution is 0.0813. The Morgan fingerprint density at radius 3 is 3.17 bits per heavy atom. The van der Waals surface area contributed by atoms with Crippen LogP contribution in [0.2, 0.25) is 0 Å². The fourth-order valence-electron chi connectivity index (χ4n) is 5.94. The van der Waals surface area contributed by atoms with Gasteiger partial charge in [0.2, 0.25) is 7.09 Å². The molecule has 4 atom stereocenters. The van der Waals surface area contributed by atoms with Crippen molar-refractivity contribution in [1.82, 2.24) is 0 Å². The quantitative estimate of drug-likeness (QED) is 0.274. The summed E-state index contributed by atoms with van der Waals surface area (Å²) in [5.41, 5.74) is 5.20. The molecule has 1 nitrogen and oxygen atoms in total. The van der Waals surface area contributed by atoms with Gasteiger partial charge in [-0.2, -0.15) is 0 Å². The number of halogens is 1. The van der Waals surface area contributed by atoms with Crippen LogP contribution >= 0.6 is 27.8 Å². The maximum absolute atomic E-state index is 7.10. The average Bonchev–Trinajstić information content (AvgIpc) is 2.96. The van der Waals surface area contributed by atoms with Crippen molar-refractivity contribution in [3.63, 3.8) is 0 Å². The first-order valence-electron chi connectivity index (χ1n) is 9.67. The number of hydrogen-bond donors (Lipinski definition) is 0. The first kappa shape index (κ1) is 15.9. The zero-order valence-corrected chi connectivity index (χ0v) is 16.7. The molecule has 127 valence electrons. The van der Waals surface area contributed by atoms with Crippen LogP contribution in [-0.2, 0) is 6.42 Å². The molecule has 0 heterocycles. The van der Waals surface area contributed by atoms with Gasteiger partial charge in [-0.05, 0) is 98.2 Å². The van der Waals surface area contributed by atoms with Crippen molar-refractivity contribution >= 4 is 34.9 Å². The second kappa shape index (κ2) is 6.76. The van der Waals surface area contributed by atoms with E-state index in [4.69, 9.17) is 5.52 Å². The summed E-state index contributed by atoms with van der Waals surface area (Å²) in [6.45, 7) is 2.54. The van der Waals surface area contributed by atoms with Gasteiger partial charge in [0.15, 0.2) is 0 Å². The molecule has 0 aromatic heterocycles. The van der Waals surface area contributed by atoms with Crippen LogP contribution in [0.25, 0.3) is 0 Å². The highest BCUT2D eigenvalue weighted by Gasteiger charge is 2.52. The van der Waals surface area contributed by atoms with Gasteiger partial charge in [-0.3, -0.25) is 0 Å². The number of rotatable bonds is 4. The van der Waals surface area contributed by atoms with E-state index in [0.717, 1.165) is 40.7 Å². The van der Waals surface area contributed by atoms with Crippen LogP contribution in [0.1, 0.15) is 56.1 Å². The summed E-state index contributed by atoms with van der Waals surface area (Å²) in [5.74, 6) is 3.31. The molecular formula is C20H25BBrOS. The smallest absolute Gasteiger partial charge is 0.227 e. The number of benzene rings is 1. The van der Waals surface area contributed by atoms with Crippen molar-refractivity contribution < 1.29 is 4.18 Å². The van der Waals surface area contributed by atoms with Gasteiger partial charge in [-0.25, -0.2) is 0 Å². The number of aryl methyl sites for hydroxylation is 1. The van der Waals surface area contributed by atoms with Gasteiger partial charge < -0.3 is 4.18 Å². The first-order chi connectivity index (χ1) is 12.2. The Hall–Kier alpha value is -0.345. The second-order valence-electron chi connectivity index (χ2n) is 7.83. The Morgan fingerprint density at radius 2 is 2.33 bits per heavy atom. The molecule has 4 unspecified atom stereocenters. The SMILES string of the molecule is [3H][B]SOc1ccc2c(c1)CCC1C2CCC2(C)/C(=C\CBr)CCC12. The fraction of sp³-hybridized carbons (Fsp3) is 0.600. The van der Waals surface area contributed by atoms with Crippen molar-refractivity contribution in [2.45, 2.75) is 51.4 Å². The molecule has 4 heteroatoms. The molecule has 0 spiro atoms. The molecule has 3 aliphatic carbocycles. The van der Waals surface area contributed by atoms with Gasteiger partial charge in [0.05, 0.1) is 0 Å². The van der Waals surface area contributed by atoms with E-state index in [-0.39, 0.29) is 0 Å². The summed E-state index contributed by atoms with van der Waals surface area (Å²) in [7, 11) is 1.23. The highest BCUT2D eigenvalue weighted by molar-refractivity contribution is 9.09. The standard InChI is InChI=1S/C20H25BBrOS/c1-20-10-8-17-16-6-4-15(23-24-21)12-13(16)2-5-18(17)19(20)7-3-14(20)9-11-22/h4,6,9,12,17-19,21H,2-3,5,7-8,10-11H2,1H3/b14-9-/i21T. The van der Waals surface area contributed by atoms with Gasteiger partial charge in [-0.1, -0.05) is 40.6 Å². The van der Waals surface area contributed by atoms with Crippen LogP contribution in [-0.4, -0.2) is 13.8 Å². The van der Waals surface area contributed by atoms with Crippen LogP contribution in [0.5, 0.6) is 5.75 Å². The maximum Gasteiger partial charge on any atom is 0.227 e. The van der Waals surface area contributed by atoms with Crippen LogP contribution in [0.4, 0.5) is 0 Å². The van der Waals surface area contributed by atoms with E-state index in [1.807, 2.05) is 0 Å². The van der Waals surface area contributed by atoms with Crippen LogP contribution < -0.4 is 4.18 Å². The summed E-state index contributed by atoms with van der Waals surface area (Å²) in [6.07, 6.45) is 10.3. The Labute approximate surface area is 161 Å². The third-order valence-electron chi connectivity index (χ3n) is 7.01. The summed E-state index contributed by atoms with van der Waals surface area (Å²) in [5, 5.41) is 0.998. The van der Waals surface area contributed by atoms with Crippen LogP contribution in [0.3, 0.4) is 0 Å². The number of allylic oxidation sites excluding steroid dienone is 2. The molecule has 2 saturated carbocycles. The molecule has 0 aliphatic heterocycles. The summed E-state index contributed by atoms with van der Waals surface area (Å²) in [4.78, 5) is 0. The zero-order valence-electron chi connectivity index (χ0n) is 15.3. The first-order valence-corrected chi connectivity index (χ1v) is 11.0. The molecule has 3 aliphatic rings. The monoisotopic (exact) mass is 405 g/mol. The molecule has 1 aromatic carbocycles. The molecule has 0 bridgehead atoms. The van der Waals surface area contributed by atoms with E-state index < -0.39 is 0 Å². The summed E-state index contributed by atoms with van der Waals surface area (Å²) in [6, 6.07) is 6.61. The number of hydrogen-bond acceptors (Lipinski definition) is 2. The molecular weight excluding hydrogens is 379 g/mol. The lowest BCUT2D eigenvalue weighted by Crippen LogP contribution is -2.40. The minimum absolute atomic E-state index is 0.441. The number of alkyl halides is 1. The van der Waals surface area contributed by atoms with E-state index in [1.165, 1.54) is 51.2 Å². The van der Waals surface area contributed by atoms with E-state index >= 15 is 0 Å². The maximum atomic E-state index is 7.10. The molecule has 0 saturated heterocycles. The minimum atomic E-state index is 0.441. The minimum Gasteiger partial charge on any atom is -0.439 e. The van der Waals surface area contributed by atoms with Crippen molar-refractivity contribution in [1.29, 1.82) is 1.34 Å². The third-order valence-corrected chi connectivity index (χ3v) is 7.63. The topological polar surface area (TPSA) is 9.23 Å². The van der Waals surface area contributed by atoms with Gasteiger partial charge >= 0.3 is 0 Å². The predicted molar refractivity (Wildman–Crippen MR) is 108 cm³/mol. The summed E-state index contributed by atoms with van der Waals surface area (Å²) < 4.78 is 12.6. The lowest BCUT2D eigenvalue weighted by atomic mass is 9.55. The largest absolute Gasteiger partial charge is 0.439 e. The second-order valence-corrected chi connectivity index (χ2v) is 8.84. The fourth-order valence-corrected chi connectivity index (χ4v) is 6.55. The molecule has 0 N–H and O–H groups in total. The van der Waals surface area contributed by atoms with E-state index in [0.29, 0.717) is 5.41 Å². The van der Waals surface area contributed by atoms with Gasteiger partial charge in [0.25, 0.3) is 0 Å². The van der Waals surface area contributed by atoms with Gasteiger partial charge in [0.1, 0.15) is 5.75 Å².